The van der Waals surface area contributed by atoms with Crippen LogP contribution in [0.3, 0.4) is 0 Å². The molecule has 10 nitrogen and oxygen atoms in total. The fourth-order valence-electron chi connectivity index (χ4n) is 2.79. The highest BCUT2D eigenvalue weighted by Crippen LogP contribution is 2.38. The third kappa shape index (κ3) is 3.08. The Labute approximate surface area is 156 Å². The van der Waals surface area contributed by atoms with E-state index in [1.165, 1.54) is 42.5 Å². The van der Waals surface area contributed by atoms with Gasteiger partial charge in [-0.15, -0.1) is 10.2 Å². The molecule has 0 saturated heterocycles. The summed E-state index contributed by atoms with van der Waals surface area (Å²) in [5.74, 6) is -0.452. The van der Waals surface area contributed by atoms with Gasteiger partial charge < -0.3 is 20.2 Å². The Balaban J connectivity index is 1.84. The number of phenolic OH excluding ortho intramolecular Hbond substituents is 2. The summed E-state index contributed by atoms with van der Waals surface area (Å²) in [4.78, 5) is 16.1. The second-order valence-corrected chi connectivity index (χ2v) is 7.38. The van der Waals surface area contributed by atoms with Crippen molar-refractivity contribution in [1.29, 1.82) is 0 Å². The Kier molecular flexibility index (Phi) is 3.91. The molecule has 0 bridgehead atoms. The number of rotatable bonds is 3. The molecule has 0 unspecified atom stereocenters. The molecule has 5 N–H and O–H groups in total. The van der Waals surface area contributed by atoms with Gasteiger partial charge in [-0.3, -0.25) is 4.55 Å². The molecule has 0 radical (unpaired) electrons. The number of nitrogens with zero attached hydrogens (tertiary/aromatic N) is 2. The van der Waals surface area contributed by atoms with Crippen LogP contribution >= 0.6 is 0 Å². The van der Waals surface area contributed by atoms with E-state index in [0.717, 1.165) is 0 Å². The third-order valence-corrected chi connectivity index (χ3v) is 4.96. The van der Waals surface area contributed by atoms with Crippen molar-refractivity contribution < 1.29 is 23.2 Å². The molecule has 142 valence electrons. The first-order chi connectivity index (χ1) is 13.2. The van der Waals surface area contributed by atoms with E-state index in [0.29, 0.717) is 21.8 Å². The van der Waals surface area contributed by atoms with Crippen LogP contribution in [-0.4, -0.2) is 33.2 Å². The molecular weight excluding hydrogens is 388 g/mol. The van der Waals surface area contributed by atoms with Crippen LogP contribution in [-0.2, 0) is 10.1 Å². The summed E-state index contributed by atoms with van der Waals surface area (Å²) in [5.41, 5.74) is 0.462. The van der Waals surface area contributed by atoms with Crippen molar-refractivity contribution in [2.24, 2.45) is 10.2 Å². The molecule has 0 amide bonds. The Morgan fingerprint density at radius 3 is 2.29 bits per heavy atom. The predicted molar refractivity (Wildman–Crippen MR) is 100 cm³/mol. The lowest BCUT2D eigenvalue weighted by Crippen LogP contribution is -1.99. The second kappa shape index (κ2) is 6.18. The lowest BCUT2D eigenvalue weighted by molar-refractivity contribution is 0.474. The molecule has 0 spiro atoms. The van der Waals surface area contributed by atoms with Gasteiger partial charge in [0.15, 0.2) is 0 Å². The van der Waals surface area contributed by atoms with E-state index in [4.69, 9.17) is 4.55 Å². The highest BCUT2D eigenvalue weighted by atomic mass is 32.2. The number of aromatic nitrogens is 2. The fourth-order valence-corrected chi connectivity index (χ4v) is 3.30. The van der Waals surface area contributed by atoms with Gasteiger partial charge in [-0.1, -0.05) is 12.1 Å². The van der Waals surface area contributed by atoms with E-state index < -0.39 is 15.8 Å². The van der Waals surface area contributed by atoms with Gasteiger partial charge in [0.25, 0.3) is 10.1 Å². The highest BCUT2D eigenvalue weighted by molar-refractivity contribution is 7.85. The van der Waals surface area contributed by atoms with Crippen LogP contribution in [0, 0.1) is 0 Å². The molecule has 0 fully saturated rings. The molecule has 4 rings (SSSR count). The fraction of sp³-hybridized carbons (Fsp3) is 0. The smallest absolute Gasteiger partial charge is 0.323 e. The van der Waals surface area contributed by atoms with Gasteiger partial charge in [-0.05, 0) is 29.7 Å². The van der Waals surface area contributed by atoms with Crippen LogP contribution in [0.2, 0.25) is 0 Å². The maximum absolute atomic E-state index is 11.3. The SMILES string of the molecule is O=c1[nH]c2cc(O)c(N=Nc3c(O)ccc4cc(S(=O)(=O)O)ccc34)cc2[nH]1. The summed E-state index contributed by atoms with van der Waals surface area (Å²) < 4.78 is 31.8. The minimum atomic E-state index is -4.38. The van der Waals surface area contributed by atoms with Crippen LogP contribution in [0.1, 0.15) is 0 Å². The van der Waals surface area contributed by atoms with E-state index >= 15 is 0 Å². The molecule has 1 aromatic heterocycles. The molecule has 0 atom stereocenters. The first kappa shape index (κ1) is 17.7. The van der Waals surface area contributed by atoms with Crippen molar-refractivity contribution in [1.82, 2.24) is 9.97 Å². The van der Waals surface area contributed by atoms with E-state index in [1.54, 1.807) is 0 Å². The summed E-state index contributed by atoms with van der Waals surface area (Å²) >= 11 is 0. The number of hydrogen-bond acceptors (Lipinski definition) is 7. The number of phenols is 2. The van der Waals surface area contributed by atoms with Gasteiger partial charge in [0.05, 0.1) is 15.9 Å². The van der Waals surface area contributed by atoms with E-state index in [1.807, 2.05) is 0 Å². The molecule has 0 saturated carbocycles. The quantitative estimate of drug-likeness (QED) is 0.261. The van der Waals surface area contributed by atoms with Gasteiger partial charge in [-0.25, -0.2) is 4.79 Å². The van der Waals surface area contributed by atoms with E-state index in [-0.39, 0.29) is 27.8 Å². The number of hydrogen-bond donors (Lipinski definition) is 5. The number of nitrogens with one attached hydrogen (secondary N) is 2. The zero-order chi connectivity index (χ0) is 20.1. The maximum Gasteiger partial charge on any atom is 0.323 e. The molecule has 3 aromatic carbocycles. The Bertz CT molecular complexity index is 1440. The first-order valence-electron chi connectivity index (χ1n) is 7.82. The van der Waals surface area contributed by atoms with Crippen LogP contribution in [0.4, 0.5) is 11.4 Å². The average molecular weight is 400 g/mol. The van der Waals surface area contributed by atoms with Crippen molar-refractivity contribution >= 4 is 43.3 Å². The minimum Gasteiger partial charge on any atom is -0.506 e. The molecule has 0 aliphatic carbocycles. The summed E-state index contributed by atoms with van der Waals surface area (Å²) in [5, 5.41) is 28.9. The van der Waals surface area contributed by atoms with Gasteiger partial charge in [0, 0.05) is 11.5 Å². The Hall–Kier alpha value is -3.70. The van der Waals surface area contributed by atoms with Crippen LogP contribution in [0.15, 0.2) is 62.4 Å². The average Bonchev–Trinajstić information content (AvgIpc) is 2.98. The van der Waals surface area contributed by atoms with Crippen molar-refractivity contribution in [3.05, 3.63) is 52.9 Å². The van der Waals surface area contributed by atoms with Crippen molar-refractivity contribution in [2.75, 3.05) is 0 Å². The second-order valence-electron chi connectivity index (χ2n) is 5.96. The highest BCUT2D eigenvalue weighted by Gasteiger charge is 2.13. The predicted octanol–water partition coefficient (Wildman–Crippen LogP) is 3.08. The van der Waals surface area contributed by atoms with Gasteiger partial charge in [-0.2, -0.15) is 8.42 Å². The summed E-state index contributed by atoms with van der Waals surface area (Å²) in [7, 11) is -4.38. The molecular formula is C17H12N4O6S. The molecule has 1 heterocycles. The van der Waals surface area contributed by atoms with Gasteiger partial charge >= 0.3 is 5.69 Å². The van der Waals surface area contributed by atoms with Crippen LogP contribution < -0.4 is 5.69 Å². The van der Waals surface area contributed by atoms with Gasteiger partial charge in [0.2, 0.25) is 0 Å². The molecule has 11 heteroatoms. The lowest BCUT2D eigenvalue weighted by atomic mass is 10.1. The Morgan fingerprint density at radius 1 is 0.857 bits per heavy atom. The molecule has 28 heavy (non-hydrogen) atoms. The summed E-state index contributed by atoms with van der Waals surface area (Å²) in [6.07, 6.45) is 0. The number of azo groups is 1. The van der Waals surface area contributed by atoms with Crippen molar-refractivity contribution in [2.45, 2.75) is 4.90 Å². The largest absolute Gasteiger partial charge is 0.506 e. The zero-order valence-corrected chi connectivity index (χ0v) is 14.7. The van der Waals surface area contributed by atoms with Crippen molar-refractivity contribution in [3.8, 4) is 11.5 Å². The zero-order valence-electron chi connectivity index (χ0n) is 13.9. The molecule has 0 aliphatic heterocycles. The van der Waals surface area contributed by atoms with Crippen molar-refractivity contribution in [3.63, 3.8) is 0 Å². The normalized spacial score (nSPS) is 12.3. The minimum absolute atomic E-state index is 0.0430. The Morgan fingerprint density at radius 2 is 1.57 bits per heavy atom. The number of fused-ring (bicyclic) bond motifs is 2. The van der Waals surface area contributed by atoms with E-state index in [2.05, 4.69) is 20.2 Å². The summed E-state index contributed by atoms with van der Waals surface area (Å²) in [6, 6.07) is 9.26. The maximum atomic E-state index is 11.3. The first-order valence-corrected chi connectivity index (χ1v) is 9.26. The van der Waals surface area contributed by atoms with Crippen LogP contribution in [0.5, 0.6) is 11.5 Å². The number of aromatic hydroxyl groups is 2. The molecule has 4 aromatic rings. The monoisotopic (exact) mass is 400 g/mol. The topological polar surface area (TPSA) is 168 Å². The standard InChI is InChI=1S/C17H12N4O6S/c22-14-4-1-8-5-9(28(25,26)27)2-3-10(8)16(14)21-20-13-6-11-12(7-15(13)23)19-17(24)18-11/h1-7,22-23H,(H2,18,19,24)(H,25,26,27). The van der Waals surface area contributed by atoms with E-state index in [9.17, 15) is 23.4 Å². The number of H-pyrrole nitrogens is 2. The number of aromatic amines is 2. The third-order valence-electron chi connectivity index (χ3n) is 4.11. The lowest BCUT2D eigenvalue weighted by Gasteiger charge is -2.06. The molecule has 0 aliphatic rings. The van der Waals surface area contributed by atoms with Gasteiger partial charge in [0.1, 0.15) is 22.9 Å². The number of imidazole rings is 1. The number of benzene rings is 3. The van der Waals surface area contributed by atoms with Crippen LogP contribution in [0.25, 0.3) is 21.8 Å². The summed E-state index contributed by atoms with van der Waals surface area (Å²) in [6.45, 7) is 0.